The summed E-state index contributed by atoms with van der Waals surface area (Å²) in [5, 5.41) is 19.6. The maximum Gasteiger partial charge on any atom is 0.348 e. The molecule has 2 N–H and O–H groups in total. The first kappa shape index (κ1) is 26.0. The van der Waals surface area contributed by atoms with Crippen molar-refractivity contribution < 1.29 is 65.2 Å². The van der Waals surface area contributed by atoms with Gasteiger partial charge in [0.25, 0.3) is 11.6 Å². The van der Waals surface area contributed by atoms with Gasteiger partial charge in [0.2, 0.25) is 0 Å². The highest BCUT2D eigenvalue weighted by molar-refractivity contribution is 7.96. The molecular weight excluding hydrogens is 552 g/mol. The summed E-state index contributed by atoms with van der Waals surface area (Å²) in [5.74, 6) is -10.1. The van der Waals surface area contributed by atoms with Crippen LogP contribution in [0.4, 0.5) is 0 Å². The molecule has 16 heteroatoms. The van der Waals surface area contributed by atoms with E-state index in [1.54, 1.807) is 0 Å². The van der Waals surface area contributed by atoms with Crippen LogP contribution in [-0.2, 0) is 57.8 Å². The smallest absolute Gasteiger partial charge is 0.348 e. The second kappa shape index (κ2) is 8.42. The summed E-state index contributed by atoms with van der Waals surface area (Å²) in [6.45, 7) is 0. The lowest BCUT2D eigenvalue weighted by molar-refractivity contribution is -0.291. The summed E-state index contributed by atoms with van der Waals surface area (Å²) in [5.41, 5.74) is -1.46. The lowest BCUT2D eigenvalue weighted by atomic mass is 9.87. The molecule has 0 atom stereocenters. The van der Waals surface area contributed by atoms with Crippen molar-refractivity contribution in [1.82, 2.24) is 0 Å². The van der Waals surface area contributed by atoms with Crippen molar-refractivity contribution in [3.63, 3.8) is 0 Å². The van der Waals surface area contributed by atoms with E-state index in [2.05, 4.69) is 0 Å². The molecule has 1 saturated carbocycles. The van der Waals surface area contributed by atoms with Crippen molar-refractivity contribution in [2.45, 2.75) is 50.1 Å². The Morgan fingerprint density at radius 2 is 0.868 bits per heavy atom. The summed E-state index contributed by atoms with van der Waals surface area (Å²) in [6.07, 6.45) is 0.0361. The Hall–Kier alpha value is -3.66. The van der Waals surface area contributed by atoms with Gasteiger partial charge in [-0.2, -0.15) is 0 Å². The van der Waals surface area contributed by atoms with Crippen LogP contribution >= 0.6 is 0 Å². The molecule has 5 rings (SSSR count). The largest absolute Gasteiger partial charge is 0.511 e. The van der Waals surface area contributed by atoms with Gasteiger partial charge in [0, 0.05) is 38.5 Å². The third kappa shape index (κ3) is 4.26. The fraction of sp³-hybridized carbons (Fsp3) is 0.455. The molecule has 0 radical (unpaired) electrons. The van der Waals surface area contributed by atoms with E-state index in [1.165, 1.54) is 0 Å². The molecular formula is C22H20O14S2. The zero-order valence-electron chi connectivity index (χ0n) is 19.4. The van der Waals surface area contributed by atoms with Crippen molar-refractivity contribution in [2.24, 2.45) is 0 Å². The number of carbonyl (C=O) groups excluding carboxylic acids is 4. The highest BCUT2D eigenvalue weighted by Crippen LogP contribution is 2.45. The molecule has 4 heterocycles. The molecule has 5 aliphatic rings. The van der Waals surface area contributed by atoms with E-state index in [9.17, 15) is 46.2 Å². The van der Waals surface area contributed by atoms with Crippen LogP contribution in [0.2, 0.25) is 0 Å². The Kier molecular flexibility index (Phi) is 5.76. The summed E-state index contributed by atoms with van der Waals surface area (Å²) in [7, 11) is -7.76. The van der Waals surface area contributed by atoms with Gasteiger partial charge < -0.3 is 29.2 Å². The number of rotatable bonds is 2. The third-order valence-corrected chi connectivity index (χ3v) is 10.3. The van der Waals surface area contributed by atoms with Gasteiger partial charge in [-0.3, -0.25) is 0 Å². The van der Waals surface area contributed by atoms with Crippen LogP contribution in [0, 0.1) is 0 Å². The quantitative estimate of drug-likeness (QED) is 0.257. The SMILES string of the molecule is O=C1OC2(CCC3(CC2)OC(=O)C(=CC2=C(O)CCS2(=O)=O)C(=O)O3)OC(=O)C1=CC1=C(O)CCS1(=O)=O. The molecule has 2 saturated heterocycles. The van der Waals surface area contributed by atoms with Crippen LogP contribution in [0.3, 0.4) is 0 Å². The number of aliphatic hydroxyl groups is 2. The van der Waals surface area contributed by atoms with E-state index in [1.807, 2.05) is 0 Å². The first-order chi connectivity index (χ1) is 17.7. The van der Waals surface area contributed by atoms with E-state index in [0.717, 1.165) is 0 Å². The summed E-state index contributed by atoms with van der Waals surface area (Å²) >= 11 is 0. The van der Waals surface area contributed by atoms with Crippen LogP contribution in [0.5, 0.6) is 0 Å². The van der Waals surface area contributed by atoms with Gasteiger partial charge >= 0.3 is 23.9 Å². The highest BCUT2D eigenvalue weighted by atomic mass is 32.2. The molecule has 38 heavy (non-hydrogen) atoms. The molecule has 0 aromatic heterocycles. The molecule has 0 aromatic rings. The Bertz CT molecular complexity index is 1370. The van der Waals surface area contributed by atoms with E-state index in [0.29, 0.717) is 12.2 Å². The number of hydrogen-bond donors (Lipinski definition) is 2. The predicted molar refractivity (Wildman–Crippen MR) is 121 cm³/mol. The van der Waals surface area contributed by atoms with Gasteiger partial charge in [-0.15, -0.1) is 0 Å². The zero-order chi connectivity index (χ0) is 27.7. The lowest BCUT2D eigenvalue weighted by Gasteiger charge is -2.46. The zero-order valence-corrected chi connectivity index (χ0v) is 21.1. The number of ether oxygens (including phenoxy) is 4. The van der Waals surface area contributed by atoms with Crippen molar-refractivity contribution >= 4 is 43.6 Å². The number of aliphatic hydroxyl groups excluding tert-OH is 2. The Morgan fingerprint density at radius 1 is 0.579 bits per heavy atom. The Labute approximate surface area is 215 Å². The van der Waals surface area contributed by atoms with E-state index >= 15 is 0 Å². The van der Waals surface area contributed by atoms with Crippen LogP contribution in [0.25, 0.3) is 0 Å². The summed E-state index contributed by atoms with van der Waals surface area (Å²) < 4.78 is 69.4. The van der Waals surface area contributed by atoms with Crippen molar-refractivity contribution in [1.29, 1.82) is 0 Å². The van der Waals surface area contributed by atoms with E-state index < -0.39 is 87.6 Å². The highest BCUT2D eigenvalue weighted by Gasteiger charge is 2.57. The molecule has 0 unspecified atom stereocenters. The fourth-order valence-electron chi connectivity index (χ4n) is 4.66. The summed E-state index contributed by atoms with van der Waals surface area (Å²) in [6, 6.07) is 0. The van der Waals surface area contributed by atoms with Gasteiger partial charge in [0.15, 0.2) is 19.7 Å². The van der Waals surface area contributed by atoms with E-state index in [4.69, 9.17) is 18.9 Å². The van der Waals surface area contributed by atoms with Gasteiger partial charge in [-0.1, -0.05) is 0 Å². The third-order valence-electron chi connectivity index (χ3n) is 6.77. The van der Waals surface area contributed by atoms with Crippen LogP contribution < -0.4 is 0 Å². The fourth-order valence-corrected chi connectivity index (χ4v) is 7.54. The molecule has 204 valence electrons. The van der Waals surface area contributed by atoms with Gasteiger partial charge in [0.05, 0.1) is 11.5 Å². The van der Waals surface area contributed by atoms with Gasteiger partial charge in [0.1, 0.15) is 32.5 Å². The topological polar surface area (TPSA) is 214 Å². The maximum atomic E-state index is 12.6. The van der Waals surface area contributed by atoms with E-state index in [-0.39, 0.29) is 50.0 Å². The number of carbonyl (C=O) groups is 4. The van der Waals surface area contributed by atoms with Gasteiger partial charge in [-0.25, -0.2) is 36.0 Å². The van der Waals surface area contributed by atoms with Crippen LogP contribution in [-0.4, -0.2) is 74.0 Å². The molecule has 14 nitrogen and oxygen atoms in total. The first-order valence-electron chi connectivity index (χ1n) is 11.3. The number of sulfone groups is 2. The van der Waals surface area contributed by atoms with Crippen molar-refractivity contribution in [3.05, 3.63) is 44.6 Å². The predicted octanol–water partition coefficient (Wildman–Crippen LogP) is 0.182. The standard InChI is InChI=1S/C22H20O14S2/c23-13-1-7-37(29,30)15(13)9-11-17(25)33-21(34-18(11)26)3-5-22(6-4-21)35-19(27)12(20(28)36-22)10-16-14(24)2-8-38(16,31)32/h9-10,23-24H,1-8H2. The average molecular weight is 573 g/mol. The normalized spacial score (nSPS) is 32.3. The minimum atomic E-state index is -3.88. The second-order valence-corrected chi connectivity index (χ2v) is 13.4. The first-order valence-corrected chi connectivity index (χ1v) is 14.6. The monoisotopic (exact) mass is 572 g/mol. The minimum Gasteiger partial charge on any atom is -0.511 e. The molecule has 0 bridgehead atoms. The summed E-state index contributed by atoms with van der Waals surface area (Å²) in [4.78, 5) is 49.3. The number of hydrogen-bond acceptors (Lipinski definition) is 14. The number of allylic oxidation sites excluding steroid dienone is 4. The molecule has 0 aromatic carbocycles. The molecule has 4 aliphatic heterocycles. The Balaban J connectivity index is 1.30. The van der Waals surface area contributed by atoms with Crippen molar-refractivity contribution in [3.8, 4) is 0 Å². The lowest BCUT2D eigenvalue weighted by Crippen LogP contribution is -2.56. The Morgan fingerprint density at radius 3 is 1.11 bits per heavy atom. The number of esters is 4. The molecule has 3 fully saturated rings. The minimum absolute atomic E-state index is 0.166. The van der Waals surface area contributed by atoms with Crippen molar-refractivity contribution in [2.75, 3.05) is 11.5 Å². The maximum absolute atomic E-state index is 12.6. The van der Waals surface area contributed by atoms with Crippen LogP contribution in [0.15, 0.2) is 44.6 Å². The average Bonchev–Trinajstić information content (AvgIpc) is 3.23. The molecule has 0 amide bonds. The molecule has 2 spiro atoms. The van der Waals surface area contributed by atoms with Crippen LogP contribution in [0.1, 0.15) is 38.5 Å². The molecule has 1 aliphatic carbocycles. The second-order valence-electron chi connectivity index (χ2n) is 9.26. The van der Waals surface area contributed by atoms with Gasteiger partial charge in [-0.05, 0) is 12.2 Å².